The molecule has 4 nitrogen and oxygen atoms in total. The molecule has 3 N–H and O–H groups in total. The van der Waals surface area contributed by atoms with Gasteiger partial charge in [-0.3, -0.25) is 10.7 Å². The summed E-state index contributed by atoms with van der Waals surface area (Å²) in [7, 11) is 1.63. The average molecular weight is 264 g/mol. The number of benzene rings is 1. The first-order valence-corrected chi connectivity index (χ1v) is 6.80. The zero-order valence-electron chi connectivity index (χ0n) is 12.2. The minimum absolute atomic E-state index is 0.0339. The second-order valence-corrected chi connectivity index (χ2v) is 6.23. The van der Waals surface area contributed by atoms with Gasteiger partial charge in [0.1, 0.15) is 11.4 Å². The fourth-order valence-corrected chi connectivity index (χ4v) is 2.12. The largest absolute Gasteiger partial charge is 0.494 e. The van der Waals surface area contributed by atoms with E-state index in [1.54, 1.807) is 7.11 Å². The van der Waals surface area contributed by atoms with E-state index in [4.69, 9.17) is 4.74 Å². The van der Waals surface area contributed by atoms with E-state index in [-0.39, 0.29) is 5.41 Å². The van der Waals surface area contributed by atoms with Crippen LogP contribution in [0.15, 0.2) is 12.1 Å². The van der Waals surface area contributed by atoms with Crippen molar-refractivity contribution in [3.05, 3.63) is 23.3 Å². The van der Waals surface area contributed by atoms with Crippen molar-refractivity contribution in [2.45, 2.75) is 51.6 Å². The third-order valence-electron chi connectivity index (χ3n) is 3.51. The molecule has 0 amide bonds. The minimum Gasteiger partial charge on any atom is -0.494 e. The van der Waals surface area contributed by atoms with E-state index in [9.17, 15) is 5.21 Å². The topological polar surface area (TPSA) is 53.5 Å². The maximum absolute atomic E-state index is 9.30. The van der Waals surface area contributed by atoms with Gasteiger partial charge in [0.15, 0.2) is 0 Å². The summed E-state index contributed by atoms with van der Waals surface area (Å²) in [5, 5.41) is 12.8. The van der Waals surface area contributed by atoms with Crippen LogP contribution in [-0.2, 0) is 12.0 Å². The normalized spacial score (nSPS) is 15.4. The zero-order chi connectivity index (χ0) is 14.0. The summed E-state index contributed by atoms with van der Waals surface area (Å²) in [6, 6.07) is 4.75. The molecule has 1 saturated carbocycles. The van der Waals surface area contributed by atoms with Crippen molar-refractivity contribution in [2.24, 2.45) is 0 Å². The maximum Gasteiger partial charge on any atom is 0.148 e. The number of methoxy groups -OCH3 is 1. The molecule has 0 aliphatic heterocycles. The molecular formula is C15H24N2O2. The Bertz CT molecular complexity index is 448. The van der Waals surface area contributed by atoms with Crippen molar-refractivity contribution < 1.29 is 9.94 Å². The first kappa shape index (κ1) is 14.2. The Labute approximate surface area is 115 Å². The monoisotopic (exact) mass is 264 g/mol. The summed E-state index contributed by atoms with van der Waals surface area (Å²) in [5.74, 6) is 0.712. The smallest absolute Gasteiger partial charge is 0.148 e. The van der Waals surface area contributed by atoms with Crippen LogP contribution >= 0.6 is 0 Å². The highest BCUT2D eigenvalue weighted by Crippen LogP contribution is 2.35. The highest BCUT2D eigenvalue weighted by atomic mass is 16.5. The van der Waals surface area contributed by atoms with Gasteiger partial charge in [0.05, 0.1) is 7.11 Å². The van der Waals surface area contributed by atoms with E-state index >= 15 is 0 Å². The summed E-state index contributed by atoms with van der Waals surface area (Å²) in [5.41, 5.74) is 5.17. The van der Waals surface area contributed by atoms with Gasteiger partial charge in [0.25, 0.3) is 0 Å². The molecule has 0 atom stereocenters. The summed E-state index contributed by atoms with van der Waals surface area (Å²) in [6.07, 6.45) is 2.51. The van der Waals surface area contributed by atoms with Crippen LogP contribution in [0.4, 0.5) is 5.69 Å². The van der Waals surface area contributed by atoms with Crippen LogP contribution in [0.1, 0.15) is 44.7 Å². The lowest BCUT2D eigenvalue weighted by Crippen LogP contribution is -2.18. The second-order valence-electron chi connectivity index (χ2n) is 6.23. The van der Waals surface area contributed by atoms with Crippen LogP contribution in [0.3, 0.4) is 0 Å². The molecule has 0 radical (unpaired) electrons. The molecule has 2 rings (SSSR count). The Morgan fingerprint density at radius 1 is 1.32 bits per heavy atom. The highest BCUT2D eigenvalue weighted by molar-refractivity contribution is 5.61. The SMILES string of the molecule is COc1c(CNC2CC2)cc(C(C)(C)C)cc1NO. The van der Waals surface area contributed by atoms with Crippen molar-refractivity contribution in [1.29, 1.82) is 0 Å². The van der Waals surface area contributed by atoms with E-state index in [0.717, 1.165) is 12.1 Å². The Hall–Kier alpha value is -1.26. The number of rotatable bonds is 5. The molecule has 0 bridgehead atoms. The maximum atomic E-state index is 9.30. The predicted molar refractivity (Wildman–Crippen MR) is 77.0 cm³/mol. The first-order valence-electron chi connectivity index (χ1n) is 6.80. The number of nitrogens with one attached hydrogen (secondary N) is 2. The van der Waals surface area contributed by atoms with Crippen molar-refractivity contribution in [3.8, 4) is 5.75 Å². The van der Waals surface area contributed by atoms with Gasteiger partial charge >= 0.3 is 0 Å². The van der Waals surface area contributed by atoms with E-state index in [0.29, 0.717) is 17.5 Å². The minimum atomic E-state index is 0.0339. The van der Waals surface area contributed by atoms with Crippen LogP contribution in [-0.4, -0.2) is 18.4 Å². The van der Waals surface area contributed by atoms with Gasteiger partial charge in [0.2, 0.25) is 0 Å². The number of hydrogen-bond acceptors (Lipinski definition) is 4. The van der Waals surface area contributed by atoms with Crippen molar-refractivity contribution in [2.75, 3.05) is 12.6 Å². The molecule has 1 aromatic rings. The van der Waals surface area contributed by atoms with Crippen molar-refractivity contribution in [3.63, 3.8) is 0 Å². The van der Waals surface area contributed by atoms with Crippen LogP contribution in [0.2, 0.25) is 0 Å². The molecule has 0 heterocycles. The third-order valence-corrected chi connectivity index (χ3v) is 3.51. The molecular weight excluding hydrogens is 240 g/mol. The van der Waals surface area contributed by atoms with Gasteiger partial charge in [-0.2, -0.15) is 0 Å². The fourth-order valence-electron chi connectivity index (χ4n) is 2.12. The molecule has 0 aromatic heterocycles. The fraction of sp³-hybridized carbons (Fsp3) is 0.600. The Morgan fingerprint density at radius 2 is 2.00 bits per heavy atom. The number of hydrogen-bond donors (Lipinski definition) is 3. The molecule has 1 aliphatic carbocycles. The number of anilines is 1. The molecule has 1 aromatic carbocycles. The Balaban J connectivity index is 2.34. The molecule has 0 unspecified atom stereocenters. The quantitative estimate of drug-likeness (QED) is 0.715. The summed E-state index contributed by atoms with van der Waals surface area (Å²) < 4.78 is 5.43. The van der Waals surface area contributed by atoms with Crippen LogP contribution in [0.25, 0.3) is 0 Å². The molecule has 1 fully saturated rings. The summed E-state index contributed by atoms with van der Waals surface area (Å²) in [6.45, 7) is 7.25. The predicted octanol–water partition coefficient (Wildman–Crippen LogP) is 3.05. The Morgan fingerprint density at radius 3 is 2.47 bits per heavy atom. The molecule has 19 heavy (non-hydrogen) atoms. The van der Waals surface area contributed by atoms with E-state index in [1.807, 2.05) is 6.07 Å². The van der Waals surface area contributed by atoms with Gasteiger partial charge in [-0.25, -0.2) is 0 Å². The zero-order valence-corrected chi connectivity index (χ0v) is 12.2. The van der Waals surface area contributed by atoms with E-state index in [2.05, 4.69) is 37.6 Å². The second kappa shape index (κ2) is 5.39. The van der Waals surface area contributed by atoms with Gasteiger partial charge in [-0.15, -0.1) is 0 Å². The van der Waals surface area contributed by atoms with Crippen LogP contribution in [0.5, 0.6) is 5.75 Å². The number of ether oxygens (including phenoxy) is 1. The Kier molecular flexibility index (Phi) is 4.02. The molecule has 0 spiro atoms. The van der Waals surface area contributed by atoms with Crippen molar-refractivity contribution in [1.82, 2.24) is 5.32 Å². The van der Waals surface area contributed by atoms with Gasteiger partial charge in [-0.05, 0) is 29.9 Å². The van der Waals surface area contributed by atoms with E-state index < -0.39 is 0 Å². The molecule has 0 saturated heterocycles. The lowest BCUT2D eigenvalue weighted by atomic mass is 9.85. The van der Waals surface area contributed by atoms with Gasteiger partial charge in [-0.1, -0.05) is 26.8 Å². The lowest BCUT2D eigenvalue weighted by Gasteiger charge is -2.23. The standard InChI is InChI=1S/C15H24N2O2/c1-15(2,3)11-7-10(9-16-12-5-6-12)14(19-4)13(8-11)17-18/h7-8,12,16-18H,5-6,9H2,1-4H3. The third kappa shape index (κ3) is 3.39. The summed E-state index contributed by atoms with van der Waals surface area (Å²) >= 11 is 0. The molecule has 1 aliphatic rings. The van der Waals surface area contributed by atoms with Crippen LogP contribution in [0, 0.1) is 0 Å². The van der Waals surface area contributed by atoms with Gasteiger partial charge in [0, 0.05) is 18.2 Å². The highest BCUT2D eigenvalue weighted by Gasteiger charge is 2.23. The van der Waals surface area contributed by atoms with Crippen molar-refractivity contribution >= 4 is 5.69 Å². The van der Waals surface area contributed by atoms with Gasteiger partial charge < -0.3 is 10.1 Å². The average Bonchev–Trinajstić information content (AvgIpc) is 3.17. The van der Waals surface area contributed by atoms with Crippen LogP contribution < -0.4 is 15.5 Å². The van der Waals surface area contributed by atoms with E-state index in [1.165, 1.54) is 18.4 Å². The summed E-state index contributed by atoms with van der Waals surface area (Å²) in [4.78, 5) is 0. The first-order chi connectivity index (χ1) is 8.95. The lowest BCUT2D eigenvalue weighted by molar-refractivity contribution is 0.370. The molecule has 4 heteroatoms. The molecule has 106 valence electrons.